The quantitative estimate of drug-likeness (QED) is 0.842. The van der Waals surface area contributed by atoms with E-state index in [-0.39, 0.29) is 5.91 Å². The van der Waals surface area contributed by atoms with Crippen molar-refractivity contribution in [2.45, 2.75) is 13.0 Å². The van der Waals surface area contributed by atoms with Gasteiger partial charge >= 0.3 is 0 Å². The fraction of sp³-hybridized carbons (Fsp3) is 0.133. The van der Waals surface area contributed by atoms with Gasteiger partial charge in [-0.15, -0.1) is 0 Å². The van der Waals surface area contributed by atoms with Crippen molar-refractivity contribution in [3.8, 4) is 0 Å². The summed E-state index contributed by atoms with van der Waals surface area (Å²) in [4.78, 5) is 10.8. The molecule has 92 valence electrons. The highest BCUT2D eigenvalue weighted by atomic mass is 16.1. The molecule has 3 N–H and O–H groups in total. The van der Waals surface area contributed by atoms with Gasteiger partial charge in [0.25, 0.3) is 0 Å². The lowest BCUT2D eigenvalue weighted by atomic mass is 10.1. The lowest BCUT2D eigenvalue weighted by Gasteiger charge is -2.07. The van der Waals surface area contributed by atoms with Crippen LogP contribution in [0.2, 0.25) is 0 Å². The van der Waals surface area contributed by atoms with Crippen LogP contribution in [0.4, 0.5) is 5.69 Å². The van der Waals surface area contributed by atoms with Gasteiger partial charge in [-0.05, 0) is 23.3 Å². The highest BCUT2D eigenvalue weighted by molar-refractivity contribution is 5.76. The summed E-state index contributed by atoms with van der Waals surface area (Å²) in [5.41, 5.74) is 8.35. The van der Waals surface area contributed by atoms with Crippen LogP contribution in [-0.2, 0) is 17.8 Å². The molecule has 0 unspecified atom stereocenters. The second-order valence-corrected chi connectivity index (χ2v) is 4.18. The molecule has 3 nitrogen and oxygen atoms in total. The summed E-state index contributed by atoms with van der Waals surface area (Å²) >= 11 is 0. The maximum atomic E-state index is 10.8. The first-order chi connectivity index (χ1) is 8.74. The van der Waals surface area contributed by atoms with E-state index in [9.17, 15) is 4.79 Å². The van der Waals surface area contributed by atoms with Gasteiger partial charge in [-0.2, -0.15) is 0 Å². The van der Waals surface area contributed by atoms with E-state index in [4.69, 9.17) is 5.73 Å². The molecule has 0 aliphatic rings. The first-order valence-corrected chi connectivity index (χ1v) is 5.89. The molecule has 2 rings (SSSR count). The van der Waals surface area contributed by atoms with Crippen LogP contribution in [0.1, 0.15) is 11.1 Å². The van der Waals surface area contributed by atoms with Gasteiger partial charge in [0.2, 0.25) is 5.91 Å². The van der Waals surface area contributed by atoms with E-state index < -0.39 is 0 Å². The average molecular weight is 240 g/mol. The van der Waals surface area contributed by atoms with Crippen molar-refractivity contribution < 1.29 is 4.79 Å². The van der Waals surface area contributed by atoms with E-state index in [0.717, 1.165) is 17.8 Å². The minimum atomic E-state index is -0.306. The molecule has 18 heavy (non-hydrogen) atoms. The molecule has 0 aliphatic carbocycles. The summed E-state index contributed by atoms with van der Waals surface area (Å²) in [7, 11) is 0. The van der Waals surface area contributed by atoms with Crippen LogP contribution >= 0.6 is 0 Å². The van der Waals surface area contributed by atoms with Crippen molar-refractivity contribution in [2.24, 2.45) is 5.73 Å². The van der Waals surface area contributed by atoms with E-state index >= 15 is 0 Å². The second-order valence-electron chi connectivity index (χ2n) is 4.18. The first kappa shape index (κ1) is 12.2. The van der Waals surface area contributed by atoms with E-state index in [2.05, 4.69) is 17.4 Å². The van der Waals surface area contributed by atoms with Crippen LogP contribution in [-0.4, -0.2) is 5.91 Å². The molecule has 2 aromatic carbocycles. The molecule has 0 radical (unpaired) electrons. The zero-order chi connectivity index (χ0) is 12.8. The number of benzene rings is 2. The Morgan fingerprint density at radius 1 is 0.944 bits per heavy atom. The highest BCUT2D eigenvalue weighted by Gasteiger charge is 1.98. The van der Waals surface area contributed by atoms with Gasteiger partial charge in [0.05, 0.1) is 6.42 Å². The van der Waals surface area contributed by atoms with Gasteiger partial charge in [-0.3, -0.25) is 4.79 Å². The Balaban J connectivity index is 1.92. The number of nitrogens with two attached hydrogens (primary N) is 1. The van der Waals surface area contributed by atoms with E-state index in [1.165, 1.54) is 5.56 Å². The van der Waals surface area contributed by atoms with E-state index in [0.29, 0.717) is 6.42 Å². The van der Waals surface area contributed by atoms with Crippen LogP contribution in [0, 0.1) is 0 Å². The van der Waals surface area contributed by atoms with Gasteiger partial charge < -0.3 is 11.1 Å². The normalized spacial score (nSPS) is 10.0. The Morgan fingerprint density at radius 2 is 1.61 bits per heavy atom. The first-order valence-electron chi connectivity index (χ1n) is 5.89. The largest absolute Gasteiger partial charge is 0.381 e. The summed E-state index contributed by atoms with van der Waals surface area (Å²) in [5, 5.41) is 3.33. The Bertz CT molecular complexity index is 506. The minimum Gasteiger partial charge on any atom is -0.381 e. The molecule has 0 fully saturated rings. The molecule has 0 spiro atoms. The molecular formula is C15H16N2O. The number of primary amides is 1. The van der Waals surface area contributed by atoms with Crippen molar-refractivity contribution >= 4 is 11.6 Å². The third-order valence-electron chi connectivity index (χ3n) is 2.67. The summed E-state index contributed by atoms with van der Waals surface area (Å²) in [5.74, 6) is -0.306. The van der Waals surface area contributed by atoms with Gasteiger partial charge in [-0.25, -0.2) is 0 Å². The Hall–Kier alpha value is -2.29. The third-order valence-corrected chi connectivity index (χ3v) is 2.67. The maximum Gasteiger partial charge on any atom is 0.221 e. The average Bonchev–Trinajstić information content (AvgIpc) is 2.38. The molecule has 0 saturated carbocycles. The van der Waals surface area contributed by atoms with Crippen molar-refractivity contribution in [3.05, 3.63) is 65.7 Å². The Morgan fingerprint density at radius 3 is 2.22 bits per heavy atom. The van der Waals surface area contributed by atoms with Crippen molar-refractivity contribution in [3.63, 3.8) is 0 Å². The number of amides is 1. The van der Waals surface area contributed by atoms with Crippen molar-refractivity contribution in [1.82, 2.24) is 0 Å². The number of carbonyl (C=O) groups is 1. The molecule has 0 aromatic heterocycles. The van der Waals surface area contributed by atoms with E-state index in [1.54, 1.807) is 0 Å². The van der Waals surface area contributed by atoms with Crippen LogP contribution in [0.15, 0.2) is 54.6 Å². The fourth-order valence-electron chi connectivity index (χ4n) is 1.74. The van der Waals surface area contributed by atoms with Crippen LogP contribution in [0.3, 0.4) is 0 Å². The van der Waals surface area contributed by atoms with Gasteiger partial charge in [0, 0.05) is 12.2 Å². The molecule has 0 aliphatic heterocycles. The Labute approximate surface area is 107 Å². The van der Waals surface area contributed by atoms with Gasteiger partial charge in [-0.1, -0.05) is 42.5 Å². The standard InChI is InChI=1S/C15H16N2O/c16-15(18)10-12-6-8-14(9-7-12)17-11-13-4-2-1-3-5-13/h1-9,17H,10-11H2,(H2,16,18). The zero-order valence-corrected chi connectivity index (χ0v) is 10.1. The highest BCUT2D eigenvalue weighted by Crippen LogP contribution is 2.11. The third kappa shape index (κ3) is 3.63. The minimum absolute atomic E-state index is 0.291. The number of nitrogens with one attached hydrogen (secondary N) is 1. The van der Waals surface area contributed by atoms with Crippen molar-refractivity contribution in [1.29, 1.82) is 0 Å². The molecule has 0 bridgehead atoms. The maximum absolute atomic E-state index is 10.8. The number of carbonyl (C=O) groups excluding carboxylic acids is 1. The van der Waals surface area contributed by atoms with Crippen LogP contribution < -0.4 is 11.1 Å². The summed E-state index contributed by atoms with van der Waals surface area (Å²) in [6.45, 7) is 0.788. The SMILES string of the molecule is NC(=O)Cc1ccc(NCc2ccccc2)cc1. The monoisotopic (exact) mass is 240 g/mol. The topological polar surface area (TPSA) is 55.1 Å². The van der Waals surface area contributed by atoms with Crippen molar-refractivity contribution in [2.75, 3.05) is 5.32 Å². The number of hydrogen-bond acceptors (Lipinski definition) is 2. The second kappa shape index (κ2) is 5.87. The molecule has 0 heterocycles. The number of hydrogen-bond donors (Lipinski definition) is 2. The Kier molecular flexibility index (Phi) is 3.97. The predicted octanol–water partition coefficient (Wildman–Crippen LogP) is 2.33. The fourth-order valence-corrected chi connectivity index (χ4v) is 1.74. The zero-order valence-electron chi connectivity index (χ0n) is 10.1. The summed E-state index contributed by atoms with van der Waals surface area (Å²) in [6.07, 6.45) is 0.291. The predicted molar refractivity (Wildman–Crippen MR) is 73.1 cm³/mol. The summed E-state index contributed by atoms with van der Waals surface area (Å²) < 4.78 is 0. The van der Waals surface area contributed by atoms with Crippen LogP contribution in [0.25, 0.3) is 0 Å². The van der Waals surface area contributed by atoms with Gasteiger partial charge in [0.15, 0.2) is 0 Å². The lowest BCUT2D eigenvalue weighted by Crippen LogP contribution is -2.13. The van der Waals surface area contributed by atoms with E-state index in [1.807, 2.05) is 42.5 Å². The smallest absolute Gasteiger partial charge is 0.221 e. The number of rotatable bonds is 5. The summed E-state index contributed by atoms with van der Waals surface area (Å²) in [6, 6.07) is 17.9. The molecule has 1 amide bonds. The molecular weight excluding hydrogens is 224 g/mol. The van der Waals surface area contributed by atoms with Crippen LogP contribution in [0.5, 0.6) is 0 Å². The number of anilines is 1. The molecule has 0 saturated heterocycles. The lowest BCUT2D eigenvalue weighted by molar-refractivity contribution is -0.117. The van der Waals surface area contributed by atoms with Gasteiger partial charge in [0.1, 0.15) is 0 Å². The molecule has 3 heteroatoms. The molecule has 2 aromatic rings. The molecule has 0 atom stereocenters.